The molecule has 2 rings (SSSR count). The number of anilines is 1. The van der Waals surface area contributed by atoms with Gasteiger partial charge in [0.1, 0.15) is 17.3 Å². The highest BCUT2D eigenvalue weighted by Crippen LogP contribution is 2.23. The Hall–Kier alpha value is -1.60. The molecule has 3 nitrogen and oxygen atoms in total. The standard InChI is InChI=1S/C13H11F2NO2S2/c1-19-9-5-7-10(8-6-9)20(17,18)16-13-11(14)3-2-4-12(13)15/h2-8,16H,1H3. The minimum Gasteiger partial charge on any atom is -0.274 e. The summed E-state index contributed by atoms with van der Waals surface area (Å²) in [5.74, 6) is -1.93. The van der Waals surface area contributed by atoms with E-state index < -0.39 is 27.3 Å². The summed E-state index contributed by atoms with van der Waals surface area (Å²) in [7, 11) is -4.02. The molecule has 0 atom stereocenters. The van der Waals surface area contributed by atoms with Gasteiger partial charge in [0.05, 0.1) is 4.90 Å². The lowest BCUT2D eigenvalue weighted by atomic mass is 10.3. The van der Waals surface area contributed by atoms with E-state index in [1.807, 2.05) is 11.0 Å². The highest BCUT2D eigenvalue weighted by atomic mass is 32.2. The molecule has 0 aliphatic carbocycles. The van der Waals surface area contributed by atoms with Gasteiger partial charge in [0.2, 0.25) is 0 Å². The van der Waals surface area contributed by atoms with Crippen LogP contribution in [-0.2, 0) is 10.0 Å². The van der Waals surface area contributed by atoms with Crippen LogP contribution in [0.3, 0.4) is 0 Å². The molecule has 0 radical (unpaired) electrons. The third kappa shape index (κ3) is 3.10. The molecule has 20 heavy (non-hydrogen) atoms. The molecule has 0 saturated carbocycles. The number of rotatable bonds is 4. The minimum atomic E-state index is -4.02. The van der Waals surface area contributed by atoms with E-state index in [2.05, 4.69) is 0 Å². The molecule has 0 heterocycles. The Morgan fingerprint density at radius 2 is 1.55 bits per heavy atom. The fraction of sp³-hybridized carbons (Fsp3) is 0.0769. The van der Waals surface area contributed by atoms with Crippen molar-refractivity contribution in [3.05, 3.63) is 54.1 Å². The van der Waals surface area contributed by atoms with Crippen LogP contribution in [0, 0.1) is 11.6 Å². The molecule has 0 aliphatic rings. The van der Waals surface area contributed by atoms with E-state index >= 15 is 0 Å². The number of hydrogen-bond acceptors (Lipinski definition) is 3. The molecule has 0 amide bonds. The topological polar surface area (TPSA) is 46.2 Å². The van der Waals surface area contributed by atoms with Crippen LogP contribution in [0.1, 0.15) is 0 Å². The second-order valence-corrected chi connectivity index (χ2v) is 6.44. The summed E-state index contributed by atoms with van der Waals surface area (Å²) < 4.78 is 52.9. The van der Waals surface area contributed by atoms with Crippen LogP contribution in [0.4, 0.5) is 14.5 Å². The van der Waals surface area contributed by atoms with Crippen LogP contribution < -0.4 is 4.72 Å². The maximum Gasteiger partial charge on any atom is 0.262 e. The smallest absolute Gasteiger partial charge is 0.262 e. The first-order valence-electron chi connectivity index (χ1n) is 5.55. The predicted octanol–water partition coefficient (Wildman–Crippen LogP) is 3.49. The van der Waals surface area contributed by atoms with Crippen molar-refractivity contribution in [3.8, 4) is 0 Å². The molecule has 0 fully saturated rings. The summed E-state index contributed by atoms with van der Waals surface area (Å²) in [5, 5.41) is 0. The Morgan fingerprint density at radius 1 is 1.00 bits per heavy atom. The molecule has 0 spiro atoms. The zero-order valence-electron chi connectivity index (χ0n) is 10.4. The van der Waals surface area contributed by atoms with Gasteiger partial charge < -0.3 is 0 Å². The van der Waals surface area contributed by atoms with Gasteiger partial charge in [0.15, 0.2) is 0 Å². The van der Waals surface area contributed by atoms with Crippen LogP contribution in [0.2, 0.25) is 0 Å². The maximum absolute atomic E-state index is 13.4. The van der Waals surface area contributed by atoms with Crippen LogP contribution in [-0.4, -0.2) is 14.7 Å². The fourth-order valence-electron chi connectivity index (χ4n) is 1.54. The zero-order valence-corrected chi connectivity index (χ0v) is 12.1. The maximum atomic E-state index is 13.4. The quantitative estimate of drug-likeness (QED) is 0.879. The van der Waals surface area contributed by atoms with Crippen molar-refractivity contribution >= 4 is 27.5 Å². The van der Waals surface area contributed by atoms with Gasteiger partial charge in [0, 0.05) is 4.90 Å². The number of nitrogens with one attached hydrogen (secondary N) is 1. The van der Waals surface area contributed by atoms with Crippen molar-refractivity contribution in [1.82, 2.24) is 0 Å². The Morgan fingerprint density at radius 3 is 2.05 bits per heavy atom. The minimum absolute atomic E-state index is 0.0575. The van der Waals surface area contributed by atoms with Crippen LogP contribution in [0.5, 0.6) is 0 Å². The lowest BCUT2D eigenvalue weighted by Gasteiger charge is -2.10. The van der Waals surface area contributed by atoms with Crippen molar-refractivity contribution in [1.29, 1.82) is 0 Å². The Labute approximate surface area is 120 Å². The first kappa shape index (κ1) is 14.8. The van der Waals surface area contributed by atoms with Gasteiger partial charge in [-0.15, -0.1) is 11.8 Å². The molecule has 106 valence electrons. The SMILES string of the molecule is CSc1ccc(S(=O)(=O)Nc2c(F)cccc2F)cc1. The summed E-state index contributed by atoms with van der Waals surface area (Å²) in [4.78, 5) is 0.832. The predicted molar refractivity (Wildman–Crippen MR) is 75.4 cm³/mol. The van der Waals surface area contributed by atoms with Crippen LogP contribution >= 0.6 is 11.8 Å². The van der Waals surface area contributed by atoms with E-state index in [0.29, 0.717) is 0 Å². The largest absolute Gasteiger partial charge is 0.274 e. The molecule has 7 heteroatoms. The highest BCUT2D eigenvalue weighted by molar-refractivity contribution is 7.98. The van der Waals surface area contributed by atoms with Gasteiger partial charge >= 0.3 is 0 Å². The van der Waals surface area contributed by atoms with Crippen LogP contribution in [0.25, 0.3) is 0 Å². The average Bonchev–Trinajstić information content (AvgIpc) is 2.43. The second kappa shape index (κ2) is 5.80. The van der Waals surface area contributed by atoms with E-state index in [1.54, 1.807) is 12.1 Å². The molecule has 0 saturated heterocycles. The summed E-state index contributed by atoms with van der Waals surface area (Å²) in [6.07, 6.45) is 1.86. The fourth-order valence-corrected chi connectivity index (χ4v) is 3.03. The van der Waals surface area contributed by atoms with Gasteiger partial charge in [-0.05, 0) is 42.7 Å². The highest BCUT2D eigenvalue weighted by Gasteiger charge is 2.18. The van der Waals surface area contributed by atoms with E-state index in [4.69, 9.17) is 0 Å². The number of benzene rings is 2. The van der Waals surface area contributed by atoms with E-state index in [9.17, 15) is 17.2 Å². The number of sulfonamides is 1. The molecule has 0 bridgehead atoms. The average molecular weight is 315 g/mol. The molecular weight excluding hydrogens is 304 g/mol. The summed E-state index contributed by atoms with van der Waals surface area (Å²) in [6.45, 7) is 0. The van der Waals surface area contributed by atoms with E-state index in [0.717, 1.165) is 23.1 Å². The van der Waals surface area contributed by atoms with Crippen molar-refractivity contribution in [2.24, 2.45) is 0 Å². The van der Waals surface area contributed by atoms with Gasteiger partial charge in [-0.3, -0.25) is 4.72 Å². The first-order chi connectivity index (χ1) is 9.44. The third-order valence-corrected chi connectivity index (χ3v) is 4.68. The van der Waals surface area contributed by atoms with E-state index in [-0.39, 0.29) is 4.90 Å². The summed E-state index contributed by atoms with van der Waals surface area (Å²) in [6, 6.07) is 9.14. The molecular formula is C13H11F2NO2S2. The van der Waals surface area contributed by atoms with Gasteiger partial charge in [-0.25, -0.2) is 17.2 Å². The second-order valence-electron chi connectivity index (χ2n) is 3.88. The number of para-hydroxylation sites is 1. The first-order valence-corrected chi connectivity index (χ1v) is 8.26. The van der Waals surface area contributed by atoms with Crippen molar-refractivity contribution in [3.63, 3.8) is 0 Å². The van der Waals surface area contributed by atoms with Crippen LogP contribution in [0.15, 0.2) is 52.3 Å². The normalized spacial score (nSPS) is 11.3. The molecule has 1 N–H and O–H groups in total. The van der Waals surface area contributed by atoms with Gasteiger partial charge in [-0.2, -0.15) is 0 Å². The molecule has 0 aliphatic heterocycles. The summed E-state index contributed by atoms with van der Waals surface area (Å²) >= 11 is 1.46. The monoisotopic (exact) mass is 315 g/mol. The lowest BCUT2D eigenvalue weighted by Crippen LogP contribution is -2.15. The van der Waals surface area contributed by atoms with E-state index in [1.165, 1.54) is 23.9 Å². The van der Waals surface area contributed by atoms with Crippen molar-refractivity contribution in [2.45, 2.75) is 9.79 Å². The molecule has 2 aromatic rings. The number of thioether (sulfide) groups is 1. The number of halogens is 2. The summed E-state index contributed by atoms with van der Waals surface area (Å²) in [5.41, 5.74) is -0.679. The Kier molecular flexibility index (Phi) is 4.29. The zero-order chi connectivity index (χ0) is 14.8. The van der Waals surface area contributed by atoms with Gasteiger partial charge in [-0.1, -0.05) is 6.07 Å². The third-order valence-electron chi connectivity index (χ3n) is 2.57. The van der Waals surface area contributed by atoms with Gasteiger partial charge in [0.25, 0.3) is 10.0 Å². The Balaban J connectivity index is 2.35. The van der Waals surface area contributed by atoms with Crippen molar-refractivity contribution < 1.29 is 17.2 Å². The van der Waals surface area contributed by atoms with Crippen molar-refractivity contribution in [2.75, 3.05) is 11.0 Å². The number of hydrogen-bond donors (Lipinski definition) is 1. The molecule has 0 unspecified atom stereocenters. The molecule has 0 aromatic heterocycles. The Bertz CT molecular complexity index is 695. The molecule has 2 aromatic carbocycles. The lowest BCUT2D eigenvalue weighted by molar-refractivity contribution is 0.583.